The molecule has 1 fully saturated rings. The Morgan fingerprint density at radius 3 is 2.06 bits per heavy atom. The third kappa shape index (κ3) is 13.2. The Hall–Kier alpha value is -0.593. The highest BCUT2D eigenvalue weighted by Gasteiger charge is 2.38. The van der Waals surface area contributed by atoms with Crippen LogP contribution >= 0.6 is 11.8 Å². The number of hydrogen-bond acceptors (Lipinski definition) is 4. The fourth-order valence-corrected chi connectivity index (χ4v) is 5.99. The monoisotopic (exact) mass is 497 g/mol. The first-order chi connectivity index (χ1) is 15.6. The van der Waals surface area contributed by atoms with Crippen LogP contribution in [0, 0.1) is 0 Å². The molecule has 0 aromatic rings. The van der Waals surface area contributed by atoms with E-state index in [9.17, 15) is 9.59 Å². The summed E-state index contributed by atoms with van der Waals surface area (Å²) in [6.45, 7) is 13.9. The highest BCUT2D eigenvalue weighted by molar-refractivity contribution is 8.15. The standard InChI is InChI=1S/C27H51NO3SSi/c1-7-8-20-23(31-33(5,6)27(2,3)4)21-18-16-14-12-10-9-11-13-15-17-19-22-24-25(29)28-26(30)32-24/h18,21,23-24H,7-17,19-20,22H2,1-6H3,(H,28,29,30)/b21-18-/t23-,24?/m1/s1. The minimum atomic E-state index is -1.72. The summed E-state index contributed by atoms with van der Waals surface area (Å²) in [7, 11) is -1.72. The lowest BCUT2D eigenvalue weighted by Gasteiger charge is -2.38. The molecule has 0 bridgehead atoms. The van der Waals surface area contributed by atoms with E-state index in [1.807, 2.05) is 0 Å². The third-order valence-electron chi connectivity index (χ3n) is 7.05. The second-order valence-electron chi connectivity index (χ2n) is 11.1. The zero-order valence-corrected chi connectivity index (χ0v) is 24.2. The normalized spacial score (nSPS) is 18.3. The summed E-state index contributed by atoms with van der Waals surface area (Å²) in [5.41, 5.74) is 0. The van der Waals surface area contributed by atoms with Gasteiger partial charge in [-0.15, -0.1) is 0 Å². The van der Waals surface area contributed by atoms with Crippen molar-refractivity contribution in [2.24, 2.45) is 0 Å². The van der Waals surface area contributed by atoms with Crippen LogP contribution in [-0.4, -0.2) is 30.8 Å². The van der Waals surface area contributed by atoms with Gasteiger partial charge in [-0.3, -0.25) is 14.9 Å². The first kappa shape index (κ1) is 30.4. The number of imide groups is 1. The second-order valence-corrected chi connectivity index (χ2v) is 17.1. The third-order valence-corrected chi connectivity index (χ3v) is 12.6. The maximum atomic E-state index is 11.5. The van der Waals surface area contributed by atoms with E-state index >= 15 is 0 Å². The zero-order chi connectivity index (χ0) is 24.7. The molecule has 1 aliphatic heterocycles. The van der Waals surface area contributed by atoms with Crippen LogP contribution < -0.4 is 5.32 Å². The van der Waals surface area contributed by atoms with E-state index in [4.69, 9.17) is 4.43 Å². The van der Waals surface area contributed by atoms with Crippen molar-refractivity contribution in [1.82, 2.24) is 5.32 Å². The van der Waals surface area contributed by atoms with Gasteiger partial charge in [-0.05, 0) is 43.8 Å². The van der Waals surface area contributed by atoms with Gasteiger partial charge in [0.05, 0.1) is 11.4 Å². The van der Waals surface area contributed by atoms with E-state index in [2.05, 4.69) is 58.3 Å². The van der Waals surface area contributed by atoms with Gasteiger partial charge in [-0.2, -0.15) is 0 Å². The number of hydrogen-bond donors (Lipinski definition) is 1. The van der Waals surface area contributed by atoms with Crippen LogP contribution in [-0.2, 0) is 9.22 Å². The predicted octanol–water partition coefficient (Wildman–Crippen LogP) is 8.77. The Kier molecular flexibility index (Phi) is 14.9. The van der Waals surface area contributed by atoms with Crippen molar-refractivity contribution in [2.45, 2.75) is 147 Å². The van der Waals surface area contributed by atoms with Crippen molar-refractivity contribution >= 4 is 31.2 Å². The minimum absolute atomic E-state index is 0.0977. The molecule has 2 amide bonds. The highest BCUT2D eigenvalue weighted by Crippen LogP contribution is 2.38. The van der Waals surface area contributed by atoms with Gasteiger partial charge in [-0.25, -0.2) is 0 Å². The first-order valence-corrected chi connectivity index (χ1v) is 17.2. The highest BCUT2D eigenvalue weighted by atomic mass is 32.2. The molecule has 0 spiro atoms. The Morgan fingerprint density at radius 2 is 1.55 bits per heavy atom. The molecular weight excluding hydrogens is 446 g/mol. The summed E-state index contributed by atoms with van der Waals surface area (Å²) < 4.78 is 6.66. The number of rotatable bonds is 18. The number of carbonyl (C=O) groups excluding carboxylic acids is 2. The van der Waals surface area contributed by atoms with Crippen molar-refractivity contribution in [3.8, 4) is 0 Å². The van der Waals surface area contributed by atoms with Crippen LogP contribution in [0.4, 0.5) is 4.79 Å². The molecule has 1 heterocycles. The van der Waals surface area contributed by atoms with Crippen LogP contribution in [0.1, 0.15) is 118 Å². The maximum Gasteiger partial charge on any atom is 0.286 e. The molecule has 0 aliphatic carbocycles. The number of amides is 2. The molecule has 0 radical (unpaired) electrons. The molecule has 33 heavy (non-hydrogen) atoms. The van der Waals surface area contributed by atoms with Gasteiger partial charge >= 0.3 is 0 Å². The molecule has 1 N–H and O–H groups in total. The molecule has 1 aliphatic rings. The fourth-order valence-electron chi connectivity index (χ4n) is 3.82. The predicted molar refractivity (Wildman–Crippen MR) is 146 cm³/mol. The van der Waals surface area contributed by atoms with E-state index in [0.717, 1.165) is 31.0 Å². The average Bonchev–Trinajstić information content (AvgIpc) is 3.05. The smallest absolute Gasteiger partial charge is 0.286 e. The topological polar surface area (TPSA) is 55.4 Å². The lowest BCUT2D eigenvalue weighted by Crippen LogP contribution is -2.43. The Labute approximate surface area is 209 Å². The largest absolute Gasteiger partial charge is 0.411 e. The minimum Gasteiger partial charge on any atom is -0.411 e. The summed E-state index contributed by atoms with van der Waals surface area (Å²) in [6, 6.07) is 0. The van der Waals surface area contributed by atoms with Gasteiger partial charge in [0.15, 0.2) is 8.32 Å². The molecule has 2 atom stereocenters. The summed E-state index contributed by atoms with van der Waals surface area (Å²) in [6.07, 6.45) is 21.9. The zero-order valence-electron chi connectivity index (χ0n) is 22.3. The van der Waals surface area contributed by atoms with Gasteiger partial charge < -0.3 is 4.43 Å². The molecule has 1 rings (SSSR count). The van der Waals surface area contributed by atoms with Crippen LogP contribution in [0.15, 0.2) is 12.2 Å². The fraction of sp³-hybridized carbons (Fsp3) is 0.852. The number of unbranched alkanes of at least 4 members (excludes halogenated alkanes) is 10. The quantitative estimate of drug-likeness (QED) is 0.117. The van der Waals surface area contributed by atoms with E-state index in [-0.39, 0.29) is 27.5 Å². The average molecular weight is 498 g/mol. The molecule has 6 heteroatoms. The lowest BCUT2D eigenvalue weighted by molar-refractivity contribution is -0.119. The van der Waals surface area contributed by atoms with Crippen molar-refractivity contribution in [3.63, 3.8) is 0 Å². The SMILES string of the molecule is CCCC[C@H](/C=C\CCCCCCCCCCCC1SC(=O)NC1=O)O[Si](C)(C)C(C)(C)C. The number of thioether (sulfide) groups is 1. The van der Waals surface area contributed by atoms with Crippen LogP contribution in [0.2, 0.25) is 18.1 Å². The summed E-state index contributed by atoms with van der Waals surface area (Å²) in [5.74, 6) is -0.0977. The van der Waals surface area contributed by atoms with Crippen LogP contribution in [0.3, 0.4) is 0 Å². The maximum absolute atomic E-state index is 11.5. The molecule has 4 nitrogen and oxygen atoms in total. The van der Waals surface area contributed by atoms with E-state index < -0.39 is 8.32 Å². The van der Waals surface area contributed by atoms with Crippen LogP contribution in [0.5, 0.6) is 0 Å². The molecule has 0 aromatic carbocycles. The van der Waals surface area contributed by atoms with Crippen molar-refractivity contribution in [1.29, 1.82) is 0 Å². The van der Waals surface area contributed by atoms with Gasteiger partial charge in [0, 0.05) is 0 Å². The van der Waals surface area contributed by atoms with Gasteiger partial charge in [0.2, 0.25) is 5.91 Å². The lowest BCUT2D eigenvalue weighted by atomic mass is 10.0. The second kappa shape index (κ2) is 16.1. The van der Waals surface area contributed by atoms with E-state index in [1.165, 1.54) is 70.6 Å². The van der Waals surface area contributed by atoms with Gasteiger partial charge in [0.1, 0.15) is 0 Å². The molecular formula is C27H51NO3SSi. The molecule has 1 saturated heterocycles. The number of nitrogens with one attached hydrogen (secondary N) is 1. The number of allylic oxidation sites excluding steroid dienone is 1. The Morgan fingerprint density at radius 1 is 0.970 bits per heavy atom. The van der Waals surface area contributed by atoms with Gasteiger partial charge in [-0.1, -0.05) is 116 Å². The molecule has 192 valence electrons. The number of carbonyl (C=O) groups is 2. The molecule has 0 aromatic heterocycles. The van der Waals surface area contributed by atoms with E-state index in [0.29, 0.717) is 0 Å². The van der Waals surface area contributed by atoms with Crippen molar-refractivity contribution in [3.05, 3.63) is 12.2 Å². The van der Waals surface area contributed by atoms with Crippen LogP contribution in [0.25, 0.3) is 0 Å². The van der Waals surface area contributed by atoms with Crippen molar-refractivity contribution in [2.75, 3.05) is 0 Å². The van der Waals surface area contributed by atoms with Gasteiger partial charge in [0.25, 0.3) is 5.24 Å². The molecule has 0 saturated carbocycles. The summed E-state index contributed by atoms with van der Waals surface area (Å²) >= 11 is 1.15. The first-order valence-electron chi connectivity index (χ1n) is 13.4. The summed E-state index contributed by atoms with van der Waals surface area (Å²) in [5, 5.41) is 2.29. The molecule has 1 unspecified atom stereocenters. The Bertz CT molecular complexity index is 601. The summed E-state index contributed by atoms with van der Waals surface area (Å²) in [4.78, 5) is 22.7. The Balaban J connectivity index is 2.06. The van der Waals surface area contributed by atoms with Crippen molar-refractivity contribution < 1.29 is 14.0 Å². The van der Waals surface area contributed by atoms with E-state index in [1.54, 1.807) is 0 Å².